The Bertz CT molecular complexity index is 786. The number of nitrogens with zero attached hydrogens (tertiary/aromatic N) is 4. The number of fused-ring (bicyclic) bond motifs is 1. The molecule has 0 saturated carbocycles. The number of carboxylic acids is 1. The number of piperazine rings is 1. The van der Waals surface area contributed by atoms with Crippen molar-refractivity contribution in [1.82, 2.24) is 19.9 Å². The van der Waals surface area contributed by atoms with Crippen LogP contribution in [0.3, 0.4) is 0 Å². The monoisotopic (exact) mass is 367 g/mol. The van der Waals surface area contributed by atoms with Gasteiger partial charge >= 0.3 is 5.97 Å². The first-order valence-corrected chi connectivity index (χ1v) is 7.21. The summed E-state index contributed by atoms with van der Waals surface area (Å²) in [5.41, 5.74) is -0.326. The average molecular weight is 369 g/mol. The van der Waals surface area contributed by atoms with Crippen molar-refractivity contribution in [3.8, 4) is 0 Å². The molecule has 1 aliphatic heterocycles. The normalized spacial score (nSPS) is 14.6. The molecule has 0 unspecified atom stereocenters. The summed E-state index contributed by atoms with van der Waals surface area (Å²) in [6.45, 7) is 5.72. The molecule has 1 fully saturated rings. The molecule has 0 amide bonds. The van der Waals surface area contributed by atoms with E-state index in [1.165, 1.54) is 12.4 Å². The van der Waals surface area contributed by atoms with Gasteiger partial charge in [-0.25, -0.2) is 9.78 Å². The maximum Gasteiger partial charge on any atom is 0.341 e. The summed E-state index contributed by atoms with van der Waals surface area (Å²) in [7, 11) is 0. The van der Waals surface area contributed by atoms with Gasteiger partial charge in [-0.2, -0.15) is 4.98 Å². The molecular formula is C14H17N5O3Zn. The maximum atomic E-state index is 12.2. The first kappa shape index (κ1) is 17.5. The SMILES string of the molecule is CCn1cc(C(=O)O)c(=O)c2cnc(N3CCNCC3)nc21.[Zn]. The topological polar surface area (TPSA) is 100 Å². The number of aromatic nitrogens is 3. The van der Waals surface area contributed by atoms with Gasteiger partial charge in [-0.05, 0) is 6.92 Å². The Hall–Kier alpha value is -1.86. The Kier molecular flexibility index (Phi) is 5.44. The van der Waals surface area contributed by atoms with Crippen LogP contribution in [0.4, 0.5) is 5.95 Å². The molecule has 2 N–H and O–H groups in total. The molecular weight excluding hydrogens is 352 g/mol. The zero-order valence-corrected chi connectivity index (χ0v) is 15.9. The van der Waals surface area contributed by atoms with E-state index in [4.69, 9.17) is 5.11 Å². The Morgan fingerprint density at radius 2 is 2.09 bits per heavy atom. The number of pyridine rings is 1. The summed E-state index contributed by atoms with van der Waals surface area (Å²) in [6.07, 6.45) is 2.78. The predicted octanol–water partition coefficient (Wildman–Crippen LogP) is -0.0833. The predicted molar refractivity (Wildman–Crippen MR) is 81.5 cm³/mol. The number of carboxylic acid groups (broad SMARTS) is 1. The first-order chi connectivity index (χ1) is 10.6. The van der Waals surface area contributed by atoms with Gasteiger partial charge in [-0.15, -0.1) is 0 Å². The van der Waals surface area contributed by atoms with Crippen molar-refractivity contribution in [1.29, 1.82) is 0 Å². The van der Waals surface area contributed by atoms with E-state index in [0.717, 1.165) is 26.2 Å². The fourth-order valence-electron chi connectivity index (χ4n) is 2.57. The number of aromatic carboxylic acids is 1. The van der Waals surface area contributed by atoms with Crippen molar-refractivity contribution in [2.45, 2.75) is 13.5 Å². The summed E-state index contributed by atoms with van der Waals surface area (Å²) in [4.78, 5) is 34.2. The molecule has 1 aliphatic rings. The van der Waals surface area contributed by atoms with Crippen molar-refractivity contribution in [3.05, 3.63) is 28.2 Å². The van der Waals surface area contributed by atoms with Gasteiger partial charge in [-0.1, -0.05) is 0 Å². The molecule has 2 aromatic rings. The van der Waals surface area contributed by atoms with Crippen LogP contribution in [-0.4, -0.2) is 51.8 Å². The van der Waals surface area contributed by atoms with Gasteiger partial charge in [0.2, 0.25) is 11.4 Å². The molecule has 0 bridgehead atoms. The standard InChI is InChI=1S/C14H17N5O3.Zn/c1-2-18-8-10(13(21)22)11(20)9-7-16-14(17-12(9)18)19-5-3-15-4-6-19;/h7-8,15H,2-6H2,1H3,(H,21,22);. The van der Waals surface area contributed by atoms with Gasteiger partial charge in [0.05, 0.1) is 5.39 Å². The third kappa shape index (κ3) is 3.25. The van der Waals surface area contributed by atoms with Crippen LogP contribution in [-0.2, 0) is 26.0 Å². The summed E-state index contributed by atoms with van der Waals surface area (Å²) < 4.78 is 1.67. The summed E-state index contributed by atoms with van der Waals surface area (Å²) in [5.74, 6) is -0.668. The van der Waals surface area contributed by atoms with E-state index in [0.29, 0.717) is 18.1 Å². The fraction of sp³-hybridized carbons (Fsp3) is 0.429. The average Bonchev–Trinajstić information content (AvgIpc) is 2.55. The molecule has 23 heavy (non-hydrogen) atoms. The zero-order valence-electron chi connectivity index (χ0n) is 12.9. The molecule has 2 aromatic heterocycles. The molecule has 0 aliphatic carbocycles. The van der Waals surface area contributed by atoms with Crippen molar-refractivity contribution >= 4 is 23.0 Å². The van der Waals surface area contributed by atoms with E-state index < -0.39 is 11.4 Å². The van der Waals surface area contributed by atoms with E-state index in [2.05, 4.69) is 15.3 Å². The molecule has 0 spiro atoms. The minimum absolute atomic E-state index is 0. The Balaban J connectivity index is 0.00000192. The number of hydrogen-bond acceptors (Lipinski definition) is 6. The minimum atomic E-state index is -1.24. The molecule has 118 valence electrons. The van der Waals surface area contributed by atoms with Gasteiger partial charge < -0.3 is 19.9 Å². The van der Waals surface area contributed by atoms with E-state index in [-0.39, 0.29) is 30.4 Å². The number of aryl methyl sites for hydroxylation is 1. The van der Waals surface area contributed by atoms with E-state index in [1.54, 1.807) is 4.57 Å². The molecule has 0 aromatic carbocycles. The first-order valence-electron chi connectivity index (χ1n) is 7.21. The second-order valence-electron chi connectivity index (χ2n) is 5.11. The van der Waals surface area contributed by atoms with E-state index in [1.807, 2.05) is 11.8 Å². The van der Waals surface area contributed by atoms with Gasteiger partial charge in [0.15, 0.2) is 0 Å². The Morgan fingerprint density at radius 1 is 1.39 bits per heavy atom. The smallest absolute Gasteiger partial charge is 0.341 e. The Morgan fingerprint density at radius 3 is 2.70 bits per heavy atom. The number of nitrogens with one attached hydrogen (secondary N) is 1. The van der Waals surface area contributed by atoms with E-state index >= 15 is 0 Å². The zero-order chi connectivity index (χ0) is 15.7. The van der Waals surface area contributed by atoms with Crippen LogP contribution in [0.15, 0.2) is 17.2 Å². The Labute approximate surface area is 145 Å². The van der Waals surface area contributed by atoms with Crippen LogP contribution in [0.5, 0.6) is 0 Å². The van der Waals surface area contributed by atoms with Gasteiger partial charge in [0, 0.05) is 64.6 Å². The van der Waals surface area contributed by atoms with Crippen molar-refractivity contribution in [3.63, 3.8) is 0 Å². The fourth-order valence-corrected chi connectivity index (χ4v) is 2.57. The van der Waals surface area contributed by atoms with Crippen LogP contribution < -0.4 is 15.6 Å². The van der Waals surface area contributed by atoms with Gasteiger partial charge in [-0.3, -0.25) is 4.79 Å². The number of rotatable bonds is 3. The minimum Gasteiger partial charge on any atom is -0.477 e. The van der Waals surface area contributed by atoms with Crippen molar-refractivity contribution < 1.29 is 29.4 Å². The number of anilines is 1. The van der Waals surface area contributed by atoms with Crippen LogP contribution in [0.1, 0.15) is 17.3 Å². The molecule has 0 radical (unpaired) electrons. The maximum absolute atomic E-state index is 12.2. The van der Waals surface area contributed by atoms with Crippen LogP contribution in [0, 0.1) is 0 Å². The largest absolute Gasteiger partial charge is 0.477 e. The van der Waals surface area contributed by atoms with Crippen LogP contribution >= 0.6 is 0 Å². The van der Waals surface area contributed by atoms with Gasteiger partial charge in [0.25, 0.3) is 0 Å². The van der Waals surface area contributed by atoms with Crippen molar-refractivity contribution in [2.24, 2.45) is 0 Å². The third-order valence-electron chi connectivity index (χ3n) is 3.77. The molecule has 9 heteroatoms. The summed E-state index contributed by atoms with van der Waals surface area (Å²) in [6, 6.07) is 0. The van der Waals surface area contributed by atoms with Crippen LogP contribution in [0.25, 0.3) is 11.0 Å². The molecule has 1 saturated heterocycles. The second-order valence-corrected chi connectivity index (χ2v) is 5.11. The second kappa shape index (κ2) is 7.14. The third-order valence-corrected chi connectivity index (χ3v) is 3.77. The summed E-state index contributed by atoms with van der Waals surface area (Å²) in [5, 5.41) is 12.6. The molecule has 3 heterocycles. The van der Waals surface area contributed by atoms with Crippen LogP contribution in [0.2, 0.25) is 0 Å². The quantitative estimate of drug-likeness (QED) is 0.731. The van der Waals surface area contributed by atoms with Gasteiger partial charge in [0.1, 0.15) is 11.2 Å². The molecule has 0 atom stereocenters. The van der Waals surface area contributed by atoms with Crippen molar-refractivity contribution in [2.75, 3.05) is 31.1 Å². The number of carbonyl (C=O) groups is 1. The van der Waals surface area contributed by atoms with E-state index in [9.17, 15) is 9.59 Å². The number of hydrogen-bond donors (Lipinski definition) is 2. The molecule has 8 nitrogen and oxygen atoms in total. The summed E-state index contributed by atoms with van der Waals surface area (Å²) >= 11 is 0. The molecule has 3 rings (SSSR count).